The van der Waals surface area contributed by atoms with Crippen LogP contribution in [-0.2, 0) is 11.3 Å². The maximum Gasteiger partial charge on any atom is 0.317 e. The second-order valence-corrected chi connectivity index (χ2v) is 4.99. The molecule has 0 aliphatic heterocycles. The highest BCUT2D eigenvalue weighted by atomic mass is 32.1. The zero-order chi connectivity index (χ0) is 11.3. The molecule has 1 aromatic heterocycles. The highest BCUT2D eigenvalue weighted by Crippen LogP contribution is 2.17. The Bertz CT molecular complexity index is 322. The molecule has 0 bridgehead atoms. The van der Waals surface area contributed by atoms with Gasteiger partial charge in [0.1, 0.15) is 0 Å². The number of hydrogen-bond acceptors (Lipinski definition) is 3. The van der Waals surface area contributed by atoms with E-state index < -0.39 is 5.97 Å². The summed E-state index contributed by atoms with van der Waals surface area (Å²) in [4.78, 5) is 15.1. The van der Waals surface area contributed by atoms with Gasteiger partial charge in [0.15, 0.2) is 0 Å². The van der Waals surface area contributed by atoms with Gasteiger partial charge in [-0.15, -0.1) is 11.3 Å². The summed E-state index contributed by atoms with van der Waals surface area (Å²) < 4.78 is 0. The predicted octanol–water partition coefficient (Wildman–Crippen LogP) is 2.35. The van der Waals surface area contributed by atoms with Crippen LogP contribution >= 0.6 is 11.3 Å². The Morgan fingerprint density at radius 2 is 2.27 bits per heavy atom. The van der Waals surface area contributed by atoms with E-state index in [1.54, 1.807) is 11.3 Å². The molecule has 0 amide bonds. The van der Waals surface area contributed by atoms with Crippen molar-refractivity contribution in [2.24, 2.45) is 0 Å². The molecule has 0 atom stereocenters. The number of aryl methyl sites for hydroxylation is 1. The molecule has 0 spiro atoms. The molecule has 0 saturated carbocycles. The van der Waals surface area contributed by atoms with Crippen LogP contribution < -0.4 is 0 Å². The van der Waals surface area contributed by atoms with Crippen LogP contribution in [0.15, 0.2) is 12.1 Å². The zero-order valence-electron chi connectivity index (χ0n) is 9.19. The summed E-state index contributed by atoms with van der Waals surface area (Å²) in [6.45, 7) is 5.84. The van der Waals surface area contributed by atoms with E-state index in [-0.39, 0.29) is 6.54 Å². The Hall–Kier alpha value is -0.870. The van der Waals surface area contributed by atoms with Crippen LogP contribution in [0, 0.1) is 6.92 Å². The number of carbonyl (C=O) groups is 1. The third-order valence-electron chi connectivity index (χ3n) is 2.07. The molecule has 3 nitrogen and oxygen atoms in total. The van der Waals surface area contributed by atoms with E-state index in [0.717, 1.165) is 19.5 Å². The fraction of sp³-hybridized carbons (Fsp3) is 0.545. The van der Waals surface area contributed by atoms with Gasteiger partial charge in [0, 0.05) is 16.3 Å². The van der Waals surface area contributed by atoms with Crippen LogP contribution in [0.5, 0.6) is 0 Å². The number of aliphatic carboxylic acids is 1. The van der Waals surface area contributed by atoms with Crippen LogP contribution in [-0.4, -0.2) is 29.1 Å². The molecule has 0 unspecified atom stereocenters. The van der Waals surface area contributed by atoms with Gasteiger partial charge >= 0.3 is 5.97 Å². The van der Waals surface area contributed by atoms with Crippen molar-refractivity contribution in [3.8, 4) is 0 Å². The minimum Gasteiger partial charge on any atom is -0.480 e. The second kappa shape index (κ2) is 5.88. The van der Waals surface area contributed by atoms with E-state index in [1.807, 2.05) is 4.90 Å². The first-order valence-electron chi connectivity index (χ1n) is 5.11. The Morgan fingerprint density at radius 3 is 2.73 bits per heavy atom. The highest BCUT2D eigenvalue weighted by molar-refractivity contribution is 7.11. The summed E-state index contributed by atoms with van der Waals surface area (Å²) in [5.41, 5.74) is 0. The third kappa shape index (κ3) is 4.44. The largest absolute Gasteiger partial charge is 0.480 e. The fourth-order valence-corrected chi connectivity index (χ4v) is 2.44. The monoisotopic (exact) mass is 227 g/mol. The van der Waals surface area contributed by atoms with E-state index in [0.29, 0.717) is 0 Å². The first-order valence-corrected chi connectivity index (χ1v) is 5.93. The number of rotatable bonds is 6. The van der Waals surface area contributed by atoms with Crippen LogP contribution in [0.4, 0.5) is 0 Å². The Labute approximate surface area is 94.3 Å². The third-order valence-corrected chi connectivity index (χ3v) is 3.06. The maximum atomic E-state index is 10.6. The average Bonchev–Trinajstić information content (AvgIpc) is 2.50. The molecule has 1 N–H and O–H groups in total. The molecule has 1 heterocycles. The average molecular weight is 227 g/mol. The summed E-state index contributed by atoms with van der Waals surface area (Å²) in [6.07, 6.45) is 0.984. The summed E-state index contributed by atoms with van der Waals surface area (Å²) >= 11 is 1.73. The zero-order valence-corrected chi connectivity index (χ0v) is 10.0. The topological polar surface area (TPSA) is 40.5 Å². The van der Waals surface area contributed by atoms with Gasteiger partial charge < -0.3 is 5.11 Å². The molecule has 0 radical (unpaired) electrons. The normalized spacial score (nSPS) is 10.9. The van der Waals surface area contributed by atoms with Crippen molar-refractivity contribution >= 4 is 17.3 Å². The van der Waals surface area contributed by atoms with Crippen LogP contribution in [0.25, 0.3) is 0 Å². The molecule has 0 aliphatic carbocycles. The van der Waals surface area contributed by atoms with Gasteiger partial charge in [-0.25, -0.2) is 0 Å². The van der Waals surface area contributed by atoms with Crippen molar-refractivity contribution in [1.29, 1.82) is 0 Å². The summed E-state index contributed by atoms with van der Waals surface area (Å²) in [7, 11) is 0. The van der Waals surface area contributed by atoms with Crippen LogP contribution in [0.1, 0.15) is 23.1 Å². The van der Waals surface area contributed by atoms with Gasteiger partial charge in [-0.2, -0.15) is 0 Å². The van der Waals surface area contributed by atoms with Crippen LogP contribution in [0.3, 0.4) is 0 Å². The van der Waals surface area contributed by atoms with E-state index >= 15 is 0 Å². The number of carboxylic acid groups (broad SMARTS) is 1. The molecule has 1 rings (SSSR count). The lowest BCUT2D eigenvalue weighted by Crippen LogP contribution is -2.29. The van der Waals surface area contributed by atoms with E-state index in [2.05, 4.69) is 26.0 Å². The lowest BCUT2D eigenvalue weighted by atomic mass is 10.3. The van der Waals surface area contributed by atoms with Crippen molar-refractivity contribution in [2.45, 2.75) is 26.8 Å². The van der Waals surface area contributed by atoms with Gasteiger partial charge in [0.25, 0.3) is 0 Å². The molecule has 0 saturated heterocycles. The SMILES string of the molecule is CCCN(CC(=O)O)Cc1ccc(C)s1. The Morgan fingerprint density at radius 1 is 1.53 bits per heavy atom. The molecule has 84 valence electrons. The van der Waals surface area contributed by atoms with Gasteiger partial charge in [-0.3, -0.25) is 9.69 Å². The minimum atomic E-state index is -0.753. The number of nitrogens with zero attached hydrogens (tertiary/aromatic N) is 1. The first kappa shape index (κ1) is 12.2. The van der Waals surface area contributed by atoms with Crippen molar-refractivity contribution in [3.63, 3.8) is 0 Å². The van der Waals surface area contributed by atoms with E-state index in [9.17, 15) is 4.79 Å². The van der Waals surface area contributed by atoms with Gasteiger partial charge in [0.05, 0.1) is 6.54 Å². The minimum absolute atomic E-state index is 0.130. The summed E-state index contributed by atoms with van der Waals surface area (Å²) in [6, 6.07) is 4.15. The fourth-order valence-electron chi connectivity index (χ4n) is 1.51. The van der Waals surface area contributed by atoms with Crippen molar-refractivity contribution in [1.82, 2.24) is 4.90 Å². The molecule has 15 heavy (non-hydrogen) atoms. The smallest absolute Gasteiger partial charge is 0.317 e. The standard InChI is InChI=1S/C11H17NO2S/c1-3-6-12(8-11(13)14)7-10-5-4-9(2)15-10/h4-5H,3,6-8H2,1-2H3,(H,13,14). The summed E-state index contributed by atoms with van der Waals surface area (Å²) in [5, 5.41) is 8.76. The Balaban J connectivity index is 2.53. The van der Waals surface area contributed by atoms with Crippen molar-refractivity contribution in [3.05, 3.63) is 21.9 Å². The second-order valence-electron chi connectivity index (χ2n) is 3.62. The number of thiophene rings is 1. The lowest BCUT2D eigenvalue weighted by molar-refractivity contribution is -0.138. The number of carboxylic acids is 1. The first-order chi connectivity index (χ1) is 7.11. The molecule has 4 heteroatoms. The predicted molar refractivity (Wildman–Crippen MR) is 62.3 cm³/mol. The maximum absolute atomic E-state index is 10.6. The highest BCUT2D eigenvalue weighted by Gasteiger charge is 2.10. The molecular weight excluding hydrogens is 210 g/mol. The lowest BCUT2D eigenvalue weighted by Gasteiger charge is -2.18. The summed E-state index contributed by atoms with van der Waals surface area (Å²) in [5.74, 6) is -0.753. The van der Waals surface area contributed by atoms with E-state index in [4.69, 9.17) is 5.11 Å². The molecule has 0 aromatic carbocycles. The Kier molecular flexibility index (Phi) is 4.78. The van der Waals surface area contributed by atoms with Crippen LogP contribution in [0.2, 0.25) is 0 Å². The molecule has 0 aliphatic rings. The molecule has 0 fully saturated rings. The number of hydrogen-bond donors (Lipinski definition) is 1. The van der Waals surface area contributed by atoms with Gasteiger partial charge in [0.2, 0.25) is 0 Å². The molecular formula is C11H17NO2S. The molecule has 1 aromatic rings. The van der Waals surface area contributed by atoms with Gasteiger partial charge in [-0.05, 0) is 32.0 Å². The quantitative estimate of drug-likeness (QED) is 0.811. The van der Waals surface area contributed by atoms with Crippen molar-refractivity contribution < 1.29 is 9.90 Å². The van der Waals surface area contributed by atoms with E-state index in [1.165, 1.54) is 9.75 Å². The van der Waals surface area contributed by atoms with Crippen molar-refractivity contribution in [2.75, 3.05) is 13.1 Å². The van der Waals surface area contributed by atoms with Gasteiger partial charge in [-0.1, -0.05) is 6.92 Å².